The molecule has 1 atom stereocenters. The van der Waals surface area contributed by atoms with Gasteiger partial charge in [-0.25, -0.2) is 4.98 Å². The molecule has 0 saturated carbocycles. The number of nitrogens with one attached hydrogen (secondary N) is 1. The Kier molecular flexibility index (Phi) is 3.19. The second-order valence-corrected chi connectivity index (χ2v) is 5.05. The summed E-state index contributed by atoms with van der Waals surface area (Å²) in [5.41, 5.74) is 2.26. The van der Waals surface area contributed by atoms with Gasteiger partial charge in [0.25, 0.3) is 0 Å². The van der Waals surface area contributed by atoms with E-state index in [1.807, 2.05) is 24.3 Å². The summed E-state index contributed by atoms with van der Waals surface area (Å²) in [6, 6.07) is 12.6. The molecule has 0 bridgehead atoms. The fourth-order valence-corrected chi connectivity index (χ4v) is 2.48. The molecule has 0 fully saturated rings. The van der Waals surface area contributed by atoms with Crippen LogP contribution in [0.1, 0.15) is 17.5 Å². The lowest BCUT2D eigenvalue weighted by molar-refractivity contribution is 0.211. The molecule has 0 amide bonds. The molecular weight excluding hydrogens is 283 g/mol. The minimum Gasteiger partial charge on any atom is -0.380 e. The lowest BCUT2D eigenvalue weighted by Crippen LogP contribution is -2.02. The van der Waals surface area contributed by atoms with Crippen LogP contribution >= 0.6 is 23.2 Å². The van der Waals surface area contributed by atoms with Gasteiger partial charge in [0.15, 0.2) is 0 Å². The summed E-state index contributed by atoms with van der Waals surface area (Å²) >= 11 is 11.9. The Balaban J connectivity index is 2.05. The Hall–Kier alpha value is -1.55. The van der Waals surface area contributed by atoms with E-state index in [1.54, 1.807) is 18.2 Å². The van der Waals surface area contributed by atoms with Gasteiger partial charge in [-0.2, -0.15) is 0 Å². The quantitative estimate of drug-likeness (QED) is 0.751. The molecule has 96 valence electrons. The zero-order valence-corrected chi connectivity index (χ0v) is 11.3. The van der Waals surface area contributed by atoms with Crippen LogP contribution in [0.2, 0.25) is 10.0 Å². The van der Waals surface area contributed by atoms with Crippen molar-refractivity contribution in [3.05, 3.63) is 63.9 Å². The molecule has 0 radical (unpaired) electrons. The predicted octanol–water partition coefficient (Wildman–Crippen LogP) is 3.95. The molecule has 3 nitrogen and oxygen atoms in total. The first-order valence-electron chi connectivity index (χ1n) is 5.73. The lowest BCUT2D eigenvalue weighted by atomic mass is 10.1. The summed E-state index contributed by atoms with van der Waals surface area (Å²) in [5.74, 6) is 0.463. The third-order valence-electron chi connectivity index (χ3n) is 2.92. The number of hydrogen-bond acceptors (Lipinski definition) is 2. The number of hydrogen-bond donors (Lipinski definition) is 2. The highest BCUT2D eigenvalue weighted by Gasteiger charge is 2.17. The first kappa shape index (κ1) is 12.5. The van der Waals surface area contributed by atoms with Crippen molar-refractivity contribution >= 4 is 34.2 Å². The number of aliphatic hydroxyl groups excluding tert-OH is 1. The topological polar surface area (TPSA) is 48.9 Å². The van der Waals surface area contributed by atoms with E-state index in [4.69, 9.17) is 23.2 Å². The van der Waals surface area contributed by atoms with Crippen molar-refractivity contribution < 1.29 is 5.11 Å². The Bertz CT molecular complexity index is 706. The monoisotopic (exact) mass is 292 g/mol. The van der Waals surface area contributed by atoms with Crippen LogP contribution in [0.4, 0.5) is 0 Å². The van der Waals surface area contributed by atoms with E-state index in [0.29, 0.717) is 21.4 Å². The zero-order chi connectivity index (χ0) is 13.4. The first-order chi connectivity index (χ1) is 9.15. The molecule has 5 heteroatoms. The maximum Gasteiger partial charge on any atom is 0.140 e. The number of aromatic amines is 1. The van der Waals surface area contributed by atoms with Gasteiger partial charge in [-0.1, -0.05) is 41.4 Å². The van der Waals surface area contributed by atoms with Crippen molar-refractivity contribution in [2.45, 2.75) is 6.10 Å². The largest absolute Gasteiger partial charge is 0.380 e. The molecule has 0 aliphatic heterocycles. The zero-order valence-electron chi connectivity index (χ0n) is 9.77. The van der Waals surface area contributed by atoms with Gasteiger partial charge >= 0.3 is 0 Å². The van der Waals surface area contributed by atoms with Crippen LogP contribution in [-0.2, 0) is 0 Å². The van der Waals surface area contributed by atoms with Crippen LogP contribution < -0.4 is 0 Å². The van der Waals surface area contributed by atoms with E-state index in [9.17, 15) is 5.11 Å². The highest BCUT2D eigenvalue weighted by Crippen LogP contribution is 2.29. The van der Waals surface area contributed by atoms with E-state index in [-0.39, 0.29) is 0 Å². The SMILES string of the molecule is O[C@@H](c1nc2ccccc2[nH]1)c1ccc(Cl)cc1Cl. The first-order valence-corrected chi connectivity index (χ1v) is 6.48. The second kappa shape index (κ2) is 4.85. The highest BCUT2D eigenvalue weighted by atomic mass is 35.5. The molecular formula is C14H10Cl2N2O. The van der Waals surface area contributed by atoms with Gasteiger partial charge in [0, 0.05) is 15.6 Å². The van der Waals surface area contributed by atoms with E-state index in [1.165, 1.54) is 0 Å². The fraction of sp³-hybridized carbons (Fsp3) is 0.0714. The maximum absolute atomic E-state index is 10.3. The fourth-order valence-electron chi connectivity index (χ4n) is 1.97. The van der Waals surface area contributed by atoms with Crippen molar-refractivity contribution in [2.75, 3.05) is 0 Å². The summed E-state index contributed by atoms with van der Waals surface area (Å²) in [7, 11) is 0. The Labute approximate surface area is 119 Å². The lowest BCUT2D eigenvalue weighted by Gasteiger charge is -2.10. The van der Waals surface area contributed by atoms with E-state index in [2.05, 4.69) is 9.97 Å². The van der Waals surface area contributed by atoms with Crippen LogP contribution in [0, 0.1) is 0 Å². The molecule has 2 aromatic carbocycles. The number of fused-ring (bicyclic) bond motifs is 1. The van der Waals surface area contributed by atoms with Crippen molar-refractivity contribution in [1.82, 2.24) is 9.97 Å². The van der Waals surface area contributed by atoms with Crippen LogP contribution in [0.5, 0.6) is 0 Å². The molecule has 2 N–H and O–H groups in total. The molecule has 3 rings (SSSR count). The number of aliphatic hydroxyl groups is 1. The van der Waals surface area contributed by atoms with Crippen LogP contribution in [-0.4, -0.2) is 15.1 Å². The summed E-state index contributed by atoms with van der Waals surface area (Å²) < 4.78 is 0. The Morgan fingerprint density at radius 3 is 2.63 bits per heavy atom. The van der Waals surface area contributed by atoms with Crippen molar-refractivity contribution in [3.63, 3.8) is 0 Å². The second-order valence-electron chi connectivity index (χ2n) is 4.21. The van der Waals surface area contributed by atoms with Gasteiger partial charge in [0.1, 0.15) is 11.9 Å². The molecule has 19 heavy (non-hydrogen) atoms. The molecule has 0 aliphatic carbocycles. The molecule has 1 heterocycles. The van der Waals surface area contributed by atoms with Gasteiger partial charge in [0.05, 0.1) is 11.0 Å². The smallest absolute Gasteiger partial charge is 0.140 e. The predicted molar refractivity (Wildman–Crippen MR) is 76.6 cm³/mol. The minimum absolute atomic E-state index is 0.417. The van der Waals surface area contributed by atoms with Gasteiger partial charge in [-0.3, -0.25) is 0 Å². The average Bonchev–Trinajstić information content (AvgIpc) is 2.81. The molecule has 0 unspecified atom stereocenters. The molecule has 3 aromatic rings. The Morgan fingerprint density at radius 1 is 1.11 bits per heavy atom. The molecule has 0 spiro atoms. The van der Waals surface area contributed by atoms with Gasteiger partial charge in [-0.15, -0.1) is 0 Å². The number of aromatic nitrogens is 2. The van der Waals surface area contributed by atoms with Crippen molar-refractivity contribution in [1.29, 1.82) is 0 Å². The highest BCUT2D eigenvalue weighted by molar-refractivity contribution is 6.35. The van der Waals surface area contributed by atoms with Gasteiger partial charge in [0.2, 0.25) is 0 Å². The standard InChI is InChI=1S/C14H10Cl2N2O/c15-8-5-6-9(10(16)7-8)13(19)14-17-11-3-1-2-4-12(11)18-14/h1-7,13,19H,(H,17,18)/t13-/m1/s1. The average molecular weight is 293 g/mol. The number of para-hydroxylation sites is 2. The van der Waals surface area contributed by atoms with Crippen LogP contribution in [0.15, 0.2) is 42.5 Å². The number of imidazole rings is 1. The number of rotatable bonds is 2. The summed E-state index contributed by atoms with van der Waals surface area (Å²) in [4.78, 5) is 7.44. The third-order valence-corrected chi connectivity index (χ3v) is 3.49. The van der Waals surface area contributed by atoms with E-state index in [0.717, 1.165) is 11.0 Å². The number of benzene rings is 2. The summed E-state index contributed by atoms with van der Waals surface area (Å²) in [6.07, 6.45) is -0.905. The normalized spacial score (nSPS) is 12.8. The van der Waals surface area contributed by atoms with Gasteiger partial charge in [-0.05, 0) is 24.3 Å². The van der Waals surface area contributed by atoms with Crippen molar-refractivity contribution in [3.8, 4) is 0 Å². The van der Waals surface area contributed by atoms with Crippen LogP contribution in [0.3, 0.4) is 0 Å². The summed E-state index contributed by atoms with van der Waals surface area (Å²) in [5, 5.41) is 11.3. The van der Waals surface area contributed by atoms with Crippen molar-refractivity contribution in [2.24, 2.45) is 0 Å². The number of nitrogens with zero attached hydrogens (tertiary/aromatic N) is 1. The van der Waals surface area contributed by atoms with E-state index >= 15 is 0 Å². The molecule has 0 saturated heterocycles. The number of H-pyrrole nitrogens is 1. The maximum atomic E-state index is 10.3. The molecule has 1 aromatic heterocycles. The van der Waals surface area contributed by atoms with Gasteiger partial charge < -0.3 is 10.1 Å². The molecule has 0 aliphatic rings. The Morgan fingerprint density at radius 2 is 1.89 bits per heavy atom. The summed E-state index contributed by atoms with van der Waals surface area (Å²) in [6.45, 7) is 0. The third kappa shape index (κ3) is 2.32. The minimum atomic E-state index is -0.905. The van der Waals surface area contributed by atoms with E-state index < -0.39 is 6.10 Å². The van der Waals surface area contributed by atoms with Crippen LogP contribution in [0.25, 0.3) is 11.0 Å². The number of halogens is 2.